The van der Waals surface area contributed by atoms with E-state index in [9.17, 15) is 19.1 Å². The molecule has 0 aromatic heterocycles. The third kappa shape index (κ3) is 7.42. The molecule has 2 aromatic carbocycles. The van der Waals surface area contributed by atoms with Crippen molar-refractivity contribution in [1.29, 1.82) is 0 Å². The second kappa shape index (κ2) is 11.9. The van der Waals surface area contributed by atoms with Gasteiger partial charge in [0.15, 0.2) is 0 Å². The second-order valence-electron chi connectivity index (χ2n) is 10.5. The highest BCUT2D eigenvalue weighted by atomic mass is 19.1. The van der Waals surface area contributed by atoms with Crippen molar-refractivity contribution in [3.8, 4) is 5.75 Å². The van der Waals surface area contributed by atoms with Crippen molar-refractivity contribution < 1.29 is 23.8 Å². The standard InChI is InChI=1S/C28H37FN4O4/c1-18-14-33(19(2)17-34)27(35)13-21-12-24(31-28(36)30-23-8-6-22(29)7-9-23)10-11-25(21)37-26(18)16-32(3)15-20-4-5-20/h6-12,18-20,26,34H,4-5,13-17H2,1-3H3,(H2,30,31,36)/t18-,19+,26-/m0/s1. The number of ether oxygens (including phenoxy) is 1. The fourth-order valence-electron chi connectivity index (χ4n) is 4.67. The molecular weight excluding hydrogens is 475 g/mol. The molecule has 3 atom stereocenters. The van der Waals surface area contributed by atoms with Crippen LogP contribution in [0.15, 0.2) is 42.5 Å². The lowest BCUT2D eigenvalue weighted by Gasteiger charge is -2.34. The molecule has 0 radical (unpaired) electrons. The number of nitrogens with one attached hydrogen (secondary N) is 2. The first kappa shape index (κ1) is 26.9. The van der Waals surface area contributed by atoms with Gasteiger partial charge in [0.1, 0.15) is 17.7 Å². The number of halogens is 1. The first-order valence-electron chi connectivity index (χ1n) is 12.9. The van der Waals surface area contributed by atoms with Crippen LogP contribution in [0.5, 0.6) is 5.75 Å². The summed E-state index contributed by atoms with van der Waals surface area (Å²) in [5.74, 6) is 0.936. The predicted octanol–water partition coefficient (Wildman–Crippen LogP) is 3.96. The molecule has 200 valence electrons. The molecule has 9 heteroatoms. The van der Waals surface area contributed by atoms with Crippen LogP contribution in [-0.4, -0.2) is 72.3 Å². The highest BCUT2D eigenvalue weighted by Gasteiger charge is 2.32. The van der Waals surface area contributed by atoms with Gasteiger partial charge in [-0.3, -0.25) is 4.79 Å². The Balaban J connectivity index is 1.54. The van der Waals surface area contributed by atoms with Gasteiger partial charge in [-0.1, -0.05) is 6.92 Å². The van der Waals surface area contributed by atoms with E-state index in [1.807, 2.05) is 6.92 Å². The Hall–Kier alpha value is -3.17. The molecule has 2 aliphatic rings. The van der Waals surface area contributed by atoms with Gasteiger partial charge in [-0.05, 0) is 75.2 Å². The molecule has 4 rings (SSSR count). The van der Waals surface area contributed by atoms with Gasteiger partial charge in [0.25, 0.3) is 0 Å². The summed E-state index contributed by atoms with van der Waals surface area (Å²) in [6.45, 7) is 6.05. The van der Waals surface area contributed by atoms with Gasteiger partial charge in [-0.25, -0.2) is 9.18 Å². The molecule has 3 N–H and O–H groups in total. The second-order valence-corrected chi connectivity index (χ2v) is 10.5. The Labute approximate surface area is 217 Å². The molecule has 1 saturated carbocycles. The van der Waals surface area contributed by atoms with E-state index in [2.05, 4.69) is 29.5 Å². The number of aliphatic hydroxyl groups excluding tert-OH is 1. The summed E-state index contributed by atoms with van der Waals surface area (Å²) in [6, 6.07) is 9.98. The minimum atomic E-state index is -0.481. The van der Waals surface area contributed by atoms with E-state index in [4.69, 9.17) is 4.74 Å². The van der Waals surface area contributed by atoms with Gasteiger partial charge in [-0.2, -0.15) is 0 Å². The zero-order valence-corrected chi connectivity index (χ0v) is 21.7. The number of urea groups is 1. The van der Waals surface area contributed by atoms with Crippen molar-refractivity contribution in [3.63, 3.8) is 0 Å². The number of carbonyl (C=O) groups excluding carboxylic acids is 2. The third-order valence-corrected chi connectivity index (χ3v) is 7.03. The maximum Gasteiger partial charge on any atom is 0.323 e. The van der Waals surface area contributed by atoms with E-state index < -0.39 is 6.03 Å². The van der Waals surface area contributed by atoms with Crippen LogP contribution in [0.3, 0.4) is 0 Å². The zero-order valence-electron chi connectivity index (χ0n) is 21.7. The number of benzene rings is 2. The van der Waals surface area contributed by atoms with Crippen LogP contribution >= 0.6 is 0 Å². The maximum atomic E-state index is 13.3. The number of hydrogen-bond donors (Lipinski definition) is 3. The number of amides is 3. The molecule has 2 aromatic rings. The lowest BCUT2D eigenvalue weighted by Crippen LogP contribution is -2.47. The minimum absolute atomic E-state index is 0.0461. The van der Waals surface area contributed by atoms with Gasteiger partial charge < -0.3 is 30.3 Å². The SMILES string of the molecule is C[C@H](CO)N1C[C@H](C)[C@H](CN(C)CC2CC2)Oc2ccc(NC(=O)Nc3ccc(F)cc3)cc2CC1=O. The summed E-state index contributed by atoms with van der Waals surface area (Å²) in [6.07, 6.45) is 2.48. The quantitative estimate of drug-likeness (QED) is 0.498. The Morgan fingerprint density at radius 2 is 1.84 bits per heavy atom. The van der Waals surface area contributed by atoms with Gasteiger partial charge in [-0.15, -0.1) is 0 Å². The molecule has 1 heterocycles. The number of fused-ring (bicyclic) bond motifs is 1. The Bertz CT molecular complexity index is 1090. The Morgan fingerprint density at radius 3 is 2.51 bits per heavy atom. The Kier molecular flexibility index (Phi) is 8.66. The van der Waals surface area contributed by atoms with Crippen LogP contribution in [0, 0.1) is 17.7 Å². The fraction of sp³-hybridized carbons (Fsp3) is 0.500. The summed E-state index contributed by atoms with van der Waals surface area (Å²) < 4.78 is 19.7. The van der Waals surface area contributed by atoms with Crippen LogP contribution in [0.25, 0.3) is 0 Å². The van der Waals surface area contributed by atoms with Crippen molar-refractivity contribution >= 4 is 23.3 Å². The summed E-state index contributed by atoms with van der Waals surface area (Å²) in [5, 5.41) is 15.2. The number of nitrogens with zero attached hydrogens (tertiary/aromatic N) is 2. The molecule has 0 unspecified atom stereocenters. The minimum Gasteiger partial charge on any atom is -0.488 e. The number of hydrogen-bond acceptors (Lipinski definition) is 5. The van der Waals surface area contributed by atoms with E-state index in [1.54, 1.807) is 23.1 Å². The molecule has 1 aliphatic heterocycles. The zero-order chi connectivity index (χ0) is 26.5. The number of likely N-dealkylation sites (N-methyl/N-ethyl adjacent to an activating group) is 1. The van der Waals surface area contributed by atoms with Crippen LogP contribution < -0.4 is 15.4 Å². The first-order valence-corrected chi connectivity index (χ1v) is 12.9. The van der Waals surface area contributed by atoms with Crippen molar-refractivity contribution in [1.82, 2.24) is 9.80 Å². The van der Waals surface area contributed by atoms with Crippen molar-refractivity contribution in [2.24, 2.45) is 11.8 Å². The van der Waals surface area contributed by atoms with Gasteiger partial charge >= 0.3 is 6.03 Å². The molecule has 0 saturated heterocycles. The topological polar surface area (TPSA) is 94.1 Å². The lowest BCUT2D eigenvalue weighted by atomic mass is 10.0. The van der Waals surface area contributed by atoms with Crippen LogP contribution in [0.4, 0.5) is 20.6 Å². The monoisotopic (exact) mass is 512 g/mol. The smallest absolute Gasteiger partial charge is 0.323 e. The van der Waals surface area contributed by atoms with Crippen LogP contribution in [0.2, 0.25) is 0 Å². The fourth-order valence-corrected chi connectivity index (χ4v) is 4.67. The summed E-state index contributed by atoms with van der Waals surface area (Å²) in [7, 11) is 2.11. The largest absolute Gasteiger partial charge is 0.488 e. The first-order chi connectivity index (χ1) is 17.7. The third-order valence-electron chi connectivity index (χ3n) is 7.03. The highest BCUT2D eigenvalue weighted by molar-refractivity contribution is 5.99. The maximum absolute atomic E-state index is 13.3. The lowest BCUT2D eigenvalue weighted by molar-refractivity contribution is -0.134. The summed E-state index contributed by atoms with van der Waals surface area (Å²) in [4.78, 5) is 29.9. The van der Waals surface area contributed by atoms with Crippen molar-refractivity contribution in [3.05, 3.63) is 53.8 Å². The van der Waals surface area contributed by atoms with Gasteiger partial charge in [0, 0.05) is 42.5 Å². The number of rotatable bonds is 8. The molecule has 0 spiro atoms. The highest BCUT2D eigenvalue weighted by Crippen LogP contribution is 2.31. The molecule has 3 amide bonds. The normalized spacial score (nSPS) is 20.8. The summed E-state index contributed by atoms with van der Waals surface area (Å²) in [5.41, 5.74) is 1.64. The number of aliphatic hydroxyl groups is 1. The van der Waals surface area contributed by atoms with E-state index in [0.29, 0.717) is 29.2 Å². The Morgan fingerprint density at radius 1 is 1.16 bits per heavy atom. The number of anilines is 2. The molecule has 1 aliphatic carbocycles. The molecule has 0 bridgehead atoms. The average molecular weight is 513 g/mol. The number of carbonyl (C=O) groups is 2. The molecule has 37 heavy (non-hydrogen) atoms. The molecule has 1 fully saturated rings. The average Bonchev–Trinajstić information content (AvgIpc) is 3.67. The molecule has 8 nitrogen and oxygen atoms in total. The molecular formula is C28H37FN4O4. The van der Waals surface area contributed by atoms with Crippen molar-refractivity contribution in [2.45, 2.75) is 45.3 Å². The van der Waals surface area contributed by atoms with Gasteiger partial charge in [0.2, 0.25) is 5.91 Å². The van der Waals surface area contributed by atoms with Gasteiger partial charge in [0.05, 0.1) is 19.1 Å². The van der Waals surface area contributed by atoms with Crippen molar-refractivity contribution in [2.75, 3.05) is 43.9 Å². The predicted molar refractivity (Wildman–Crippen MR) is 141 cm³/mol. The van der Waals surface area contributed by atoms with Crippen LogP contribution in [-0.2, 0) is 11.2 Å². The van der Waals surface area contributed by atoms with Crippen LogP contribution in [0.1, 0.15) is 32.3 Å². The van der Waals surface area contributed by atoms with E-state index in [1.165, 1.54) is 37.1 Å². The van der Waals surface area contributed by atoms with E-state index in [0.717, 1.165) is 19.0 Å². The van der Waals surface area contributed by atoms with E-state index in [-0.39, 0.29) is 42.8 Å². The van der Waals surface area contributed by atoms with E-state index >= 15 is 0 Å². The summed E-state index contributed by atoms with van der Waals surface area (Å²) >= 11 is 0.